The highest BCUT2D eigenvalue weighted by atomic mass is 16.3. The molecule has 0 aliphatic carbocycles. The van der Waals surface area contributed by atoms with Crippen LogP contribution in [0.15, 0.2) is 0 Å². The van der Waals surface area contributed by atoms with Crippen molar-refractivity contribution in [2.45, 2.75) is 104 Å². The van der Waals surface area contributed by atoms with Crippen LogP contribution in [0.2, 0.25) is 0 Å². The first-order chi connectivity index (χ1) is 9.15. The minimum absolute atomic E-state index is 0.0535. The molecule has 0 aliphatic rings. The molecule has 0 aliphatic heterocycles. The fourth-order valence-electron chi connectivity index (χ4n) is 2.96. The largest absolute Gasteiger partial charge is 0.393 e. The lowest BCUT2D eigenvalue weighted by Gasteiger charge is -2.26. The van der Waals surface area contributed by atoms with Gasteiger partial charge in [-0.2, -0.15) is 0 Å². The number of aliphatic hydroxyl groups is 1. The van der Waals surface area contributed by atoms with E-state index in [2.05, 4.69) is 27.7 Å². The van der Waals surface area contributed by atoms with Crippen LogP contribution in [-0.4, -0.2) is 11.2 Å². The number of aliphatic hydroxyl groups excluding tert-OH is 1. The quantitative estimate of drug-likeness (QED) is 0.410. The van der Waals surface area contributed by atoms with Crippen molar-refractivity contribution in [2.24, 2.45) is 11.8 Å². The SMILES string of the molecule is CCCCCC(O)C(CCCC)CC(C)CCCC. The second-order valence-electron chi connectivity index (χ2n) is 6.45. The zero-order valence-corrected chi connectivity index (χ0v) is 14.0. The van der Waals surface area contributed by atoms with Crippen LogP contribution in [0.5, 0.6) is 0 Å². The average Bonchev–Trinajstić information content (AvgIpc) is 2.41. The minimum atomic E-state index is -0.0535. The van der Waals surface area contributed by atoms with Crippen LogP contribution in [0, 0.1) is 11.8 Å². The normalized spacial score (nSPS) is 16.3. The number of unbranched alkanes of at least 4 members (excludes halogenated alkanes) is 4. The summed E-state index contributed by atoms with van der Waals surface area (Å²) < 4.78 is 0. The summed E-state index contributed by atoms with van der Waals surface area (Å²) in [6.45, 7) is 9.11. The minimum Gasteiger partial charge on any atom is -0.393 e. The fraction of sp³-hybridized carbons (Fsp3) is 1.00. The van der Waals surface area contributed by atoms with Gasteiger partial charge in [0.15, 0.2) is 0 Å². The monoisotopic (exact) mass is 270 g/mol. The van der Waals surface area contributed by atoms with E-state index in [1.165, 1.54) is 64.2 Å². The molecule has 1 N–H and O–H groups in total. The third kappa shape index (κ3) is 10.4. The summed E-state index contributed by atoms with van der Waals surface area (Å²) in [6.07, 6.45) is 13.6. The van der Waals surface area contributed by atoms with E-state index in [1.807, 2.05) is 0 Å². The first kappa shape index (κ1) is 19.0. The number of hydrogen-bond acceptors (Lipinski definition) is 1. The van der Waals surface area contributed by atoms with Gasteiger partial charge in [-0.05, 0) is 31.1 Å². The van der Waals surface area contributed by atoms with Crippen LogP contribution in [0.1, 0.15) is 98.3 Å². The van der Waals surface area contributed by atoms with Gasteiger partial charge >= 0.3 is 0 Å². The third-order valence-electron chi connectivity index (χ3n) is 4.33. The Kier molecular flexibility index (Phi) is 12.9. The fourth-order valence-corrected chi connectivity index (χ4v) is 2.96. The molecule has 0 saturated heterocycles. The maximum absolute atomic E-state index is 10.4. The van der Waals surface area contributed by atoms with Gasteiger partial charge in [0, 0.05) is 0 Å². The first-order valence-electron chi connectivity index (χ1n) is 8.83. The molecular weight excluding hydrogens is 232 g/mol. The molecule has 0 fully saturated rings. The molecule has 0 aromatic rings. The summed E-state index contributed by atoms with van der Waals surface area (Å²) in [5.74, 6) is 1.33. The lowest BCUT2D eigenvalue weighted by atomic mass is 9.83. The Bertz CT molecular complexity index is 179. The maximum atomic E-state index is 10.4. The van der Waals surface area contributed by atoms with Crippen molar-refractivity contribution in [1.82, 2.24) is 0 Å². The van der Waals surface area contributed by atoms with Crippen LogP contribution in [0.25, 0.3) is 0 Å². The van der Waals surface area contributed by atoms with E-state index in [1.54, 1.807) is 0 Å². The van der Waals surface area contributed by atoms with Gasteiger partial charge in [0.1, 0.15) is 0 Å². The van der Waals surface area contributed by atoms with Crippen LogP contribution in [-0.2, 0) is 0 Å². The first-order valence-corrected chi connectivity index (χ1v) is 8.83. The maximum Gasteiger partial charge on any atom is 0.0568 e. The van der Waals surface area contributed by atoms with Crippen LogP contribution in [0.4, 0.5) is 0 Å². The molecule has 0 amide bonds. The van der Waals surface area contributed by atoms with E-state index in [-0.39, 0.29) is 6.10 Å². The number of rotatable bonds is 13. The molecule has 0 aromatic heterocycles. The second-order valence-corrected chi connectivity index (χ2v) is 6.45. The van der Waals surface area contributed by atoms with E-state index in [0.29, 0.717) is 5.92 Å². The molecule has 0 saturated carbocycles. The second kappa shape index (κ2) is 13.0. The van der Waals surface area contributed by atoms with Crippen molar-refractivity contribution in [1.29, 1.82) is 0 Å². The summed E-state index contributed by atoms with van der Waals surface area (Å²) in [6, 6.07) is 0. The Labute approximate surface area is 122 Å². The molecule has 1 nitrogen and oxygen atoms in total. The van der Waals surface area contributed by atoms with Crippen molar-refractivity contribution in [2.75, 3.05) is 0 Å². The summed E-state index contributed by atoms with van der Waals surface area (Å²) >= 11 is 0. The van der Waals surface area contributed by atoms with Gasteiger partial charge in [-0.15, -0.1) is 0 Å². The van der Waals surface area contributed by atoms with Crippen molar-refractivity contribution in [3.05, 3.63) is 0 Å². The van der Waals surface area contributed by atoms with Gasteiger partial charge in [0.05, 0.1) is 6.10 Å². The van der Waals surface area contributed by atoms with Gasteiger partial charge in [0.25, 0.3) is 0 Å². The molecule has 0 radical (unpaired) electrons. The van der Waals surface area contributed by atoms with Gasteiger partial charge in [0.2, 0.25) is 0 Å². The topological polar surface area (TPSA) is 20.2 Å². The highest BCUT2D eigenvalue weighted by molar-refractivity contribution is 4.72. The van der Waals surface area contributed by atoms with E-state index < -0.39 is 0 Å². The Balaban J connectivity index is 4.11. The highest BCUT2D eigenvalue weighted by Gasteiger charge is 2.20. The molecule has 3 atom stereocenters. The summed E-state index contributed by atoms with van der Waals surface area (Å²) in [4.78, 5) is 0. The highest BCUT2D eigenvalue weighted by Crippen LogP contribution is 2.27. The van der Waals surface area contributed by atoms with E-state index in [4.69, 9.17) is 0 Å². The standard InChI is InChI=1S/C18H38O/c1-5-8-11-14-18(19)17(13-10-7-3)15-16(4)12-9-6-2/h16-19H,5-15H2,1-4H3. The summed E-state index contributed by atoms with van der Waals surface area (Å²) in [5.41, 5.74) is 0. The van der Waals surface area contributed by atoms with E-state index >= 15 is 0 Å². The van der Waals surface area contributed by atoms with E-state index in [0.717, 1.165) is 12.3 Å². The van der Waals surface area contributed by atoms with Gasteiger partial charge in [-0.1, -0.05) is 79.1 Å². The molecular formula is C18H38O. The van der Waals surface area contributed by atoms with E-state index in [9.17, 15) is 5.11 Å². The zero-order chi connectivity index (χ0) is 14.5. The third-order valence-corrected chi connectivity index (χ3v) is 4.33. The Hall–Kier alpha value is -0.0400. The van der Waals surface area contributed by atoms with Crippen molar-refractivity contribution in [3.8, 4) is 0 Å². The number of hydrogen-bond donors (Lipinski definition) is 1. The van der Waals surface area contributed by atoms with Gasteiger partial charge in [-0.3, -0.25) is 0 Å². The Morgan fingerprint density at radius 1 is 0.737 bits per heavy atom. The molecule has 116 valence electrons. The van der Waals surface area contributed by atoms with Crippen LogP contribution in [0.3, 0.4) is 0 Å². The zero-order valence-electron chi connectivity index (χ0n) is 14.0. The average molecular weight is 271 g/mol. The van der Waals surface area contributed by atoms with Crippen molar-refractivity contribution >= 4 is 0 Å². The Morgan fingerprint density at radius 3 is 1.89 bits per heavy atom. The molecule has 0 rings (SSSR count). The predicted molar refractivity (Wildman–Crippen MR) is 86.5 cm³/mol. The van der Waals surface area contributed by atoms with Crippen molar-refractivity contribution in [3.63, 3.8) is 0 Å². The molecule has 19 heavy (non-hydrogen) atoms. The molecule has 0 spiro atoms. The lowest BCUT2D eigenvalue weighted by molar-refractivity contribution is 0.0756. The smallest absolute Gasteiger partial charge is 0.0568 e. The molecule has 3 unspecified atom stereocenters. The molecule has 0 bridgehead atoms. The molecule has 0 aromatic carbocycles. The Morgan fingerprint density at radius 2 is 1.32 bits per heavy atom. The molecule has 0 heterocycles. The van der Waals surface area contributed by atoms with Gasteiger partial charge in [-0.25, -0.2) is 0 Å². The predicted octanol–water partition coefficient (Wildman–Crippen LogP) is 5.95. The summed E-state index contributed by atoms with van der Waals surface area (Å²) in [7, 11) is 0. The van der Waals surface area contributed by atoms with Gasteiger partial charge < -0.3 is 5.11 Å². The molecule has 1 heteroatoms. The van der Waals surface area contributed by atoms with Crippen LogP contribution >= 0.6 is 0 Å². The van der Waals surface area contributed by atoms with Crippen molar-refractivity contribution < 1.29 is 5.11 Å². The summed E-state index contributed by atoms with van der Waals surface area (Å²) in [5, 5.41) is 10.4. The lowest BCUT2D eigenvalue weighted by Crippen LogP contribution is -2.22. The van der Waals surface area contributed by atoms with Crippen LogP contribution < -0.4 is 0 Å².